The number of anilines is 1. The predicted molar refractivity (Wildman–Crippen MR) is 115 cm³/mol. The van der Waals surface area contributed by atoms with E-state index in [0.29, 0.717) is 6.42 Å². The first-order valence-corrected chi connectivity index (χ1v) is 10.5. The van der Waals surface area contributed by atoms with Gasteiger partial charge in [-0.15, -0.1) is 0 Å². The van der Waals surface area contributed by atoms with Crippen molar-refractivity contribution in [1.29, 1.82) is 0 Å². The number of nitrogens with one attached hydrogen (secondary N) is 2. The quantitative estimate of drug-likeness (QED) is 0.501. The third kappa shape index (κ3) is 4.02. The van der Waals surface area contributed by atoms with Crippen molar-refractivity contribution in [3.63, 3.8) is 0 Å². The lowest BCUT2D eigenvalue weighted by Gasteiger charge is -2.14. The summed E-state index contributed by atoms with van der Waals surface area (Å²) in [4.78, 5) is 35.7. The number of ether oxygens (including phenoxy) is 1. The largest absolute Gasteiger partial charge is 0.481 e. The SMILES string of the molecule is O=C(Nc1nonc1C(=O)NCC1CC1C(=O)O)OCC1c2ccccc2-c2ccccc21. The topological polar surface area (TPSA) is 144 Å². The third-order valence-corrected chi connectivity index (χ3v) is 6.03. The number of hydrogen-bond acceptors (Lipinski definition) is 7. The van der Waals surface area contributed by atoms with Crippen LogP contribution in [-0.4, -0.2) is 46.5 Å². The number of amides is 2. The lowest BCUT2D eigenvalue weighted by atomic mass is 9.98. The molecule has 2 atom stereocenters. The number of carboxylic acid groups (broad SMARTS) is 1. The molecule has 168 valence electrons. The van der Waals surface area contributed by atoms with Crippen LogP contribution < -0.4 is 10.6 Å². The van der Waals surface area contributed by atoms with Crippen LogP contribution in [0.5, 0.6) is 0 Å². The van der Waals surface area contributed by atoms with Crippen LogP contribution in [0.3, 0.4) is 0 Å². The molecule has 33 heavy (non-hydrogen) atoms. The van der Waals surface area contributed by atoms with Gasteiger partial charge in [-0.25, -0.2) is 9.42 Å². The molecule has 0 radical (unpaired) electrons. The van der Waals surface area contributed by atoms with E-state index in [1.165, 1.54) is 0 Å². The van der Waals surface area contributed by atoms with E-state index in [9.17, 15) is 14.4 Å². The van der Waals surface area contributed by atoms with Gasteiger partial charge >= 0.3 is 12.1 Å². The third-order valence-electron chi connectivity index (χ3n) is 6.03. The van der Waals surface area contributed by atoms with E-state index in [4.69, 9.17) is 9.84 Å². The standard InChI is InChI=1S/C23H20N4O6/c28-21(24-10-12-9-17(12)22(29)30)19-20(27-33-26-19)25-23(31)32-11-18-15-7-3-1-5-13(15)14-6-2-4-8-16(14)18/h1-8,12,17-18H,9-11H2,(H,24,28)(H,29,30)(H,25,27,31). The molecule has 1 fully saturated rings. The van der Waals surface area contributed by atoms with Crippen LogP contribution in [0.4, 0.5) is 10.6 Å². The fraction of sp³-hybridized carbons (Fsp3) is 0.261. The number of aromatic nitrogens is 2. The Morgan fingerprint density at radius 2 is 1.70 bits per heavy atom. The summed E-state index contributed by atoms with van der Waals surface area (Å²) in [6, 6.07) is 16.0. The molecule has 3 N–H and O–H groups in total. The summed E-state index contributed by atoms with van der Waals surface area (Å²) in [5, 5.41) is 21.0. The van der Waals surface area contributed by atoms with Gasteiger partial charge in [-0.1, -0.05) is 48.5 Å². The molecule has 1 aromatic heterocycles. The molecule has 0 bridgehead atoms. The summed E-state index contributed by atoms with van der Waals surface area (Å²) in [5.74, 6) is -2.35. The zero-order chi connectivity index (χ0) is 22.9. The van der Waals surface area contributed by atoms with E-state index in [2.05, 4.69) is 25.6 Å². The smallest absolute Gasteiger partial charge is 0.412 e. The molecule has 2 aliphatic carbocycles. The highest BCUT2D eigenvalue weighted by molar-refractivity contribution is 5.99. The van der Waals surface area contributed by atoms with Crippen molar-refractivity contribution >= 4 is 23.8 Å². The summed E-state index contributed by atoms with van der Waals surface area (Å²) in [5.41, 5.74) is 4.17. The molecule has 0 saturated heterocycles. The minimum absolute atomic E-state index is 0.102. The number of carbonyl (C=O) groups excluding carboxylic acids is 2. The van der Waals surface area contributed by atoms with Crippen molar-refractivity contribution < 1.29 is 28.9 Å². The summed E-state index contributed by atoms with van der Waals surface area (Å²) >= 11 is 0. The first-order valence-electron chi connectivity index (χ1n) is 10.5. The van der Waals surface area contributed by atoms with E-state index in [1.807, 2.05) is 48.5 Å². The number of rotatable bonds is 7. The van der Waals surface area contributed by atoms with E-state index in [-0.39, 0.29) is 36.5 Å². The molecule has 10 heteroatoms. The van der Waals surface area contributed by atoms with Crippen LogP contribution >= 0.6 is 0 Å². The van der Waals surface area contributed by atoms with Crippen molar-refractivity contribution in [3.8, 4) is 11.1 Å². The van der Waals surface area contributed by atoms with E-state index >= 15 is 0 Å². The molecule has 5 rings (SSSR count). The van der Waals surface area contributed by atoms with Gasteiger partial charge in [-0.3, -0.25) is 14.9 Å². The molecule has 2 unspecified atom stereocenters. The molecular weight excluding hydrogens is 428 g/mol. The Bertz CT molecular complexity index is 1190. The molecule has 3 aromatic rings. The second-order valence-corrected chi connectivity index (χ2v) is 8.06. The van der Waals surface area contributed by atoms with Gasteiger partial charge in [-0.05, 0) is 44.9 Å². The van der Waals surface area contributed by atoms with Crippen LogP contribution in [0.2, 0.25) is 0 Å². The van der Waals surface area contributed by atoms with Crippen LogP contribution in [-0.2, 0) is 9.53 Å². The number of fused-ring (bicyclic) bond motifs is 3. The average Bonchev–Trinajstić information content (AvgIpc) is 3.35. The summed E-state index contributed by atoms with van der Waals surface area (Å²) in [7, 11) is 0. The fourth-order valence-corrected chi connectivity index (χ4v) is 4.23. The van der Waals surface area contributed by atoms with Gasteiger partial charge in [0.1, 0.15) is 6.61 Å². The molecule has 1 saturated carbocycles. The Morgan fingerprint density at radius 3 is 2.33 bits per heavy atom. The molecule has 2 aromatic carbocycles. The van der Waals surface area contributed by atoms with Gasteiger partial charge in [0.05, 0.1) is 5.92 Å². The number of aliphatic carboxylic acids is 1. The first kappa shape index (κ1) is 20.7. The molecular formula is C23H20N4O6. The average molecular weight is 448 g/mol. The number of carbonyl (C=O) groups is 3. The van der Waals surface area contributed by atoms with Gasteiger partial charge in [-0.2, -0.15) is 0 Å². The first-order chi connectivity index (χ1) is 16.0. The van der Waals surface area contributed by atoms with Gasteiger partial charge in [0.2, 0.25) is 11.5 Å². The maximum atomic E-state index is 12.4. The number of benzene rings is 2. The second kappa shape index (κ2) is 8.38. The summed E-state index contributed by atoms with van der Waals surface area (Å²) in [6.45, 7) is 0.290. The predicted octanol–water partition coefficient (Wildman–Crippen LogP) is 2.88. The van der Waals surface area contributed by atoms with Crippen molar-refractivity contribution in [2.45, 2.75) is 12.3 Å². The molecule has 0 spiro atoms. The van der Waals surface area contributed by atoms with E-state index in [0.717, 1.165) is 22.3 Å². The number of hydrogen-bond donors (Lipinski definition) is 3. The summed E-state index contributed by atoms with van der Waals surface area (Å²) < 4.78 is 10.0. The zero-order valence-corrected chi connectivity index (χ0v) is 17.4. The highest BCUT2D eigenvalue weighted by Gasteiger charge is 2.43. The van der Waals surface area contributed by atoms with E-state index < -0.39 is 23.9 Å². The molecule has 2 amide bonds. The maximum Gasteiger partial charge on any atom is 0.412 e. The number of carboxylic acids is 1. The minimum atomic E-state index is -0.880. The van der Waals surface area contributed by atoms with Crippen LogP contribution in [0.25, 0.3) is 11.1 Å². The summed E-state index contributed by atoms with van der Waals surface area (Å²) in [6.07, 6.45) is -0.285. The molecule has 10 nitrogen and oxygen atoms in total. The van der Waals surface area contributed by atoms with Gasteiger partial charge in [0, 0.05) is 12.5 Å². The zero-order valence-electron chi connectivity index (χ0n) is 17.4. The fourth-order valence-electron chi connectivity index (χ4n) is 4.23. The Kier molecular flexibility index (Phi) is 5.25. The van der Waals surface area contributed by atoms with Gasteiger partial charge in [0.15, 0.2) is 0 Å². The Morgan fingerprint density at radius 1 is 1.03 bits per heavy atom. The Balaban J connectivity index is 1.20. The highest BCUT2D eigenvalue weighted by atomic mass is 16.6. The van der Waals surface area contributed by atoms with Crippen molar-refractivity contribution in [3.05, 3.63) is 65.4 Å². The monoisotopic (exact) mass is 448 g/mol. The minimum Gasteiger partial charge on any atom is -0.481 e. The molecule has 1 heterocycles. The van der Waals surface area contributed by atoms with Crippen LogP contribution in [0, 0.1) is 11.8 Å². The van der Waals surface area contributed by atoms with Crippen molar-refractivity contribution in [1.82, 2.24) is 15.6 Å². The van der Waals surface area contributed by atoms with Crippen LogP contribution in [0.15, 0.2) is 53.2 Å². The normalized spacial score (nSPS) is 18.2. The lowest BCUT2D eigenvalue weighted by molar-refractivity contribution is -0.138. The Labute approximate surface area is 187 Å². The van der Waals surface area contributed by atoms with Gasteiger partial charge < -0.3 is 15.2 Å². The molecule has 0 aliphatic heterocycles. The van der Waals surface area contributed by atoms with Crippen molar-refractivity contribution in [2.75, 3.05) is 18.5 Å². The molecule has 2 aliphatic rings. The van der Waals surface area contributed by atoms with Crippen molar-refractivity contribution in [2.24, 2.45) is 11.8 Å². The lowest BCUT2D eigenvalue weighted by Crippen LogP contribution is -2.28. The van der Waals surface area contributed by atoms with Gasteiger partial charge in [0.25, 0.3) is 5.91 Å². The second-order valence-electron chi connectivity index (χ2n) is 8.06. The maximum absolute atomic E-state index is 12.4. The van der Waals surface area contributed by atoms with E-state index in [1.54, 1.807) is 0 Å². The number of nitrogens with zero attached hydrogens (tertiary/aromatic N) is 2. The van der Waals surface area contributed by atoms with Crippen LogP contribution in [0.1, 0.15) is 34.0 Å². The Hall–Kier alpha value is -4.21. The highest BCUT2D eigenvalue weighted by Crippen LogP contribution is 2.44.